The SMILES string of the molecule is C=CCCc1ccc(OC(=O)c2ccc3cc(F)ccc3c2)c(F)c1. The topological polar surface area (TPSA) is 26.3 Å². The van der Waals surface area contributed by atoms with E-state index in [1.807, 2.05) is 0 Å². The van der Waals surface area contributed by atoms with E-state index < -0.39 is 11.8 Å². The first-order chi connectivity index (χ1) is 12.1. The van der Waals surface area contributed by atoms with Gasteiger partial charge < -0.3 is 4.74 Å². The van der Waals surface area contributed by atoms with Gasteiger partial charge in [-0.2, -0.15) is 0 Å². The number of halogens is 2. The molecule has 3 aromatic rings. The highest BCUT2D eigenvalue weighted by Gasteiger charge is 2.13. The van der Waals surface area contributed by atoms with E-state index in [1.165, 1.54) is 30.3 Å². The molecule has 0 aliphatic heterocycles. The van der Waals surface area contributed by atoms with Crippen LogP contribution in [0.25, 0.3) is 10.8 Å². The number of carbonyl (C=O) groups excluding carboxylic acids is 1. The summed E-state index contributed by atoms with van der Waals surface area (Å²) in [6.45, 7) is 3.63. The van der Waals surface area contributed by atoms with Gasteiger partial charge in [0.15, 0.2) is 11.6 Å². The lowest BCUT2D eigenvalue weighted by Crippen LogP contribution is -2.09. The third-order valence-electron chi connectivity index (χ3n) is 3.87. The molecule has 4 heteroatoms. The molecule has 0 spiro atoms. The minimum absolute atomic E-state index is 0.119. The number of carbonyl (C=O) groups is 1. The molecular weight excluding hydrogens is 322 g/mol. The Morgan fingerprint density at radius 1 is 1.00 bits per heavy atom. The number of allylic oxidation sites excluding steroid dienone is 1. The van der Waals surface area contributed by atoms with E-state index in [2.05, 4.69) is 6.58 Å². The van der Waals surface area contributed by atoms with Gasteiger partial charge in [-0.15, -0.1) is 6.58 Å². The van der Waals surface area contributed by atoms with Gasteiger partial charge in [-0.3, -0.25) is 0 Å². The van der Waals surface area contributed by atoms with Gasteiger partial charge in [-0.25, -0.2) is 13.6 Å². The molecule has 0 fully saturated rings. The van der Waals surface area contributed by atoms with Crippen LogP contribution in [0.2, 0.25) is 0 Å². The molecule has 25 heavy (non-hydrogen) atoms. The van der Waals surface area contributed by atoms with E-state index in [9.17, 15) is 13.6 Å². The Kier molecular flexibility index (Phi) is 4.89. The number of aryl methyl sites for hydroxylation is 1. The maximum absolute atomic E-state index is 14.1. The van der Waals surface area contributed by atoms with E-state index in [0.29, 0.717) is 17.2 Å². The molecule has 0 N–H and O–H groups in total. The van der Waals surface area contributed by atoms with Gasteiger partial charge in [0.05, 0.1) is 5.56 Å². The Bertz CT molecular complexity index is 948. The molecule has 0 aromatic heterocycles. The molecule has 0 saturated heterocycles. The summed E-state index contributed by atoms with van der Waals surface area (Å²) in [6, 6.07) is 13.6. The van der Waals surface area contributed by atoms with E-state index in [1.54, 1.807) is 30.3 Å². The van der Waals surface area contributed by atoms with Crippen molar-refractivity contribution in [1.29, 1.82) is 0 Å². The standard InChI is InChI=1S/C21H16F2O2/c1-2-3-4-14-5-10-20(19(23)11-14)25-21(24)17-7-6-16-13-18(22)9-8-15(16)12-17/h2,5-13H,1,3-4H2. The molecule has 0 aliphatic rings. The monoisotopic (exact) mass is 338 g/mol. The molecule has 2 nitrogen and oxygen atoms in total. The molecule has 0 bridgehead atoms. The number of esters is 1. The normalized spacial score (nSPS) is 10.6. The van der Waals surface area contributed by atoms with Crippen LogP contribution < -0.4 is 4.74 Å². The average Bonchev–Trinajstić information content (AvgIpc) is 2.61. The molecule has 0 heterocycles. The number of benzene rings is 3. The van der Waals surface area contributed by atoms with Crippen molar-refractivity contribution in [2.45, 2.75) is 12.8 Å². The largest absolute Gasteiger partial charge is 0.420 e. The number of hydrogen-bond donors (Lipinski definition) is 0. The van der Waals surface area contributed by atoms with Crippen molar-refractivity contribution < 1.29 is 18.3 Å². The van der Waals surface area contributed by atoms with Crippen LogP contribution in [0.3, 0.4) is 0 Å². The number of fused-ring (bicyclic) bond motifs is 1. The fourth-order valence-corrected chi connectivity index (χ4v) is 2.55. The second kappa shape index (κ2) is 7.26. The van der Waals surface area contributed by atoms with Crippen molar-refractivity contribution in [2.24, 2.45) is 0 Å². The van der Waals surface area contributed by atoms with Crippen LogP contribution in [-0.4, -0.2) is 5.97 Å². The Balaban J connectivity index is 1.80. The highest BCUT2D eigenvalue weighted by Crippen LogP contribution is 2.22. The van der Waals surface area contributed by atoms with Crippen molar-refractivity contribution >= 4 is 16.7 Å². The zero-order valence-electron chi connectivity index (χ0n) is 13.5. The smallest absolute Gasteiger partial charge is 0.343 e. The fourth-order valence-electron chi connectivity index (χ4n) is 2.55. The fraction of sp³-hybridized carbons (Fsp3) is 0.0952. The summed E-state index contributed by atoms with van der Waals surface area (Å²) in [4.78, 5) is 12.3. The minimum atomic E-state index is -0.663. The molecule has 126 valence electrons. The number of hydrogen-bond acceptors (Lipinski definition) is 2. The first-order valence-corrected chi connectivity index (χ1v) is 7.87. The molecule has 0 amide bonds. The highest BCUT2D eigenvalue weighted by atomic mass is 19.1. The Morgan fingerprint density at radius 3 is 2.52 bits per heavy atom. The molecule has 0 unspecified atom stereocenters. The summed E-state index contributed by atoms with van der Waals surface area (Å²) in [5, 5.41) is 1.38. The van der Waals surface area contributed by atoms with Crippen LogP contribution in [0.5, 0.6) is 5.75 Å². The molecule has 0 radical (unpaired) electrons. The predicted octanol–water partition coefficient (Wildman–Crippen LogP) is 5.46. The molecule has 3 aromatic carbocycles. The van der Waals surface area contributed by atoms with Crippen LogP contribution >= 0.6 is 0 Å². The number of ether oxygens (including phenoxy) is 1. The van der Waals surface area contributed by atoms with E-state index in [4.69, 9.17) is 4.74 Å². The van der Waals surface area contributed by atoms with Gasteiger partial charge in [-0.05, 0) is 65.6 Å². The lowest BCUT2D eigenvalue weighted by Gasteiger charge is -2.08. The third-order valence-corrected chi connectivity index (χ3v) is 3.87. The van der Waals surface area contributed by atoms with Crippen molar-refractivity contribution in [3.8, 4) is 5.75 Å². The van der Waals surface area contributed by atoms with Crippen molar-refractivity contribution in [3.63, 3.8) is 0 Å². The second-order valence-electron chi connectivity index (χ2n) is 5.69. The van der Waals surface area contributed by atoms with E-state index in [0.717, 1.165) is 12.0 Å². The predicted molar refractivity (Wildman–Crippen MR) is 93.8 cm³/mol. The quantitative estimate of drug-likeness (QED) is 0.351. The van der Waals surface area contributed by atoms with E-state index >= 15 is 0 Å². The Labute approximate surface area is 144 Å². The van der Waals surface area contributed by atoms with Crippen LogP contribution in [0.15, 0.2) is 67.3 Å². The van der Waals surface area contributed by atoms with Gasteiger partial charge in [0.25, 0.3) is 0 Å². The molecular formula is C21H16F2O2. The highest BCUT2D eigenvalue weighted by molar-refractivity contribution is 5.96. The van der Waals surface area contributed by atoms with Gasteiger partial charge in [0.2, 0.25) is 0 Å². The summed E-state index contributed by atoms with van der Waals surface area (Å²) in [7, 11) is 0. The first-order valence-electron chi connectivity index (χ1n) is 7.87. The van der Waals surface area contributed by atoms with Crippen molar-refractivity contribution in [3.05, 3.63) is 90.0 Å². The molecule has 3 rings (SSSR count). The summed E-state index contributed by atoms with van der Waals surface area (Å²) < 4.78 is 32.5. The average molecular weight is 338 g/mol. The zero-order chi connectivity index (χ0) is 17.8. The number of rotatable bonds is 5. The minimum Gasteiger partial charge on any atom is -0.420 e. The Hall–Kier alpha value is -3.01. The zero-order valence-corrected chi connectivity index (χ0v) is 13.5. The van der Waals surface area contributed by atoms with Gasteiger partial charge in [0, 0.05) is 0 Å². The summed E-state index contributed by atoms with van der Waals surface area (Å²) >= 11 is 0. The molecule has 0 aliphatic carbocycles. The van der Waals surface area contributed by atoms with Gasteiger partial charge in [-0.1, -0.05) is 24.3 Å². The molecule has 0 atom stereocenters. The van der Waals surface area contributed by atoms with Crippen LogP contribution in [0.1, 0.15) is 22.3 Å². The maximum Gasteiger partial charge on any atom is 0.343 e. The first kappa shape index (κ1) is 16.8. The van der Waals surface area contributed by atoms with Gasteiger partial charge >= 0.3 is 5.97 Å². The summed E-state index contributed by atoms with van der Waals surface area (Å²) in [5.74, 6) is -1.71. The molecule has 0 saturated carbocycles. The van der Waals surface area contributed by atoms with Gasteiger partial charge in [0.1, 0.15) is 5.82 Å². The maximum atomic E-state index is 14.1. The summed E-state index contributed by atoms with van der Waals surface area (Å²) in [5.41, 5.74) is 1.08. The lowest BCUT2D eigenvalue weighted by atomic mass is 10.1. The van der Waals surface area contributed by atoms with Crippen LogP contribution in [0.4, 0.5) is 8.78 Å². The van der Waals surface area contributed by atoms with Crippen LogP contribution in [-0.2, 0) is 6.42 Å². The van der Waals surface area contributed by atoms with Crippen molar-refractivity contribution in [2.75, 3.05) is 0 Å². The van der Waals surface area contributed by atoms with E-state index in [-0.39, 0.29) is 17.1 Å². The third kappa shape index (κ3) is 3.91. The Morgan fingerprint density at radius 2 is 1.76 bits per heavy atom. The summed E-state index contributed by atoms with van der Waals surface area (Å²) in [6.07, 6.45) is 3.18. The lowest BCUT2D eigenvalue weighted by molar-refractivity contribution is 0.0728. The van der Waals surface area contributed by atoms with Crippen LogP contribution in [0, 0.1) is 11.6 Å². The van der Waals surface area contributed by atoms with Crippen molar-refractivity contribution in [1.82, 2.24) is 0 Å². The second-order valence-corrected chi connectivity index (χ2v) is 5.69.